The van der Waals surface area contributed by atoms with Crippen molar-refractivity contribution < 1.29 is 33.2 Å². The quantitative estimate of drug-likeness (QED) is 0.149. The van der Waals surface area contributed by atoms with Gasteiger partial charge in [0.1, 0.15) is 22.5 Å². The van der Waals surface area contributed by atoms with Crippen LogP contribution >= 0.6 is 19.2 Å². The van der Waals surface area contributed by atoms with Crippen molar-refractivity contribution in [3.05, 3.63) is 51.8 Å². The molecule has 0 aliphatic carbocycles. The van der Waals surface area contributed by atoms with E-state index in [9.17, 15) is 14.5 Å². The number of amides is 1. The van der Waals surface area contributed by atoms with E-state index >= 15 is 0 Å². The van der Waals surface area contributed by atoms with Crippen LogP contribution in [0.4, 0.5) is 5.82 Å². The summed E-state index contributed by atoms with van der Waals surface area (Å²) < 4.78 is 21.0. The molecule has 11 nitrogen and oxygen atoms in total. The van der Waals surface area contributed by atoms with E-state index in [0.717, 1.165) is 0 Å². The van der Waals surface area contributed by atoms with E-state index in [4.69, 9.17) is 19.9 Å². The number of nitrogens with zero attached hydrogens (tertiary/aromatic N) is 3. The zero-order chi connectivity index (χ0) is 23.2. The van der Waals surface area contributed by atoms with Gasteiger partial charge in [-0.3, -0.25) is 9.32 Å². The number of allylic oxidation sites excluding steroid dienone is 1. The van der Waals surface area contributed by atoms with Gasteiger partial charge in [0.2, 0.25) is 6.41 Å². The third kappa shape index (κ3) is 7.69. The first-order valence-corrected chi connectivity index (χ1v) is 11.5. The number of anilines is 1. The molecule has 2 aromatic rings. The number of aromatic nitrogens is 2. The number of phosphoric acid groups is 1. The highest BCUT2D eigenvalue weighted by molar-refractivity contribution is 8.02. The molecule has 0 spiro atoms. The summed E-state index contributed by atoms with van der Waals surface area (Å²) in [5, 5.41) is 10.3. The van der Waals surface area contributed by atoms with E-state index in [1.807, 2.05) is 0 Å². The molecule has 0 saturated heterocycles. The molecule has 0 atom stereocenters. The minimum absolute atomic E-state index is 0.0342. The third-order valence-electron chi connectivity index (χ3n) is 4.13. The van der Waals surface area contributed by atoms with Crippen molar-refractivity contribution >= 4 is 36.5 Å². The third-order valence-corrected chi connectivity index (χ3v) is 5.90. The first-order chi connectivity index (χ1) is 14.5. The van der Waals surface area contributed by atoms with Crippen molar-refractivity contribution in [1.82, 2.24) is 14.9 Å². The van der Waals surface area contributed by atoms with Crippen molar-refractivity contribution in [2.45, 2.75) is 33.7 Å². The summed E-state index contributed by atoms with van der Waals surface area (Å²) in [5.41, 5.74) is 6.88. The van der Waals surface area contributed by atoms with Gasteiger partial charge in [-0.1, -0.05) is 0 Å². The molecule has 0 bridgehead atoms. The molecule has 170 valence electrons. The van der Waals surface area contributed by atoms with Crippen LogP contribution in [0.1, 0.15) is 36.3 Å². The molecule has 1 amide bonds. The van der Waals surface area contributed by atoms with Gasteiger partial charge in [-0.05, 0) is 32.9 Å². The number of thiol groups is 1. The van der Waals surface area contributed by atoms with Gasteiger partial charge < -0.3 is 29.9 Å². The number of nitrogen functional groups attached to an aromatic ring is 1. The van der Waals surface area contributed by atoms with E-state index in [1.54, 1.807) is 32.9 Å². The molecular weight excluding hydrogens is 447 g/mol. The Morgan fingerprint density at radius 1 is 1.39 bits per heavy atom. The summed E-state index contributed by atoms with van der Waals surface area (Å²) in [6.45, 7) is 4.80. The normalized spacial score (nSPS) is 13.4. The number of phosphoric ester groups is 1. The van der Waals surface area contributed by atoms with Crippen LogP contribution in [0.3, 0.4) is 0 Å². The molecule has 13 heteroatoms. The maximum absolute atomic E-state index is 11.8. The Bertz CT molecular complexity index is 1050. The Hall–Kier alpha value is -2.34. The Labute approximate surface area is 182 Å². The number of aliphatic hydroxyl groups is 1. The zero-order valence-electron chi connectivity index (χ0n) is 17.2. The molecule has 2 heterocycles. The number of rotatable bonds is 10. The maximum atomic E-state index is 11.8. The van der Waals surface area contributed by atoms with Crippen LogP contribution in [0.15, 0.2) is 33.3 Å². The van der Waals surface area contributed by atoms with Gasteiger partial charge in [0, 0.05) is 28.8 Å². The largest absolute Gasteiger partial charge is 0.469 e. The summed E-state index contributed by atoms with van der Waals surface area (Å²) in [6, 6.07) is 3.28. The highest BCUT2D eigenvalue weighted by atomic mass is 32.1. The second kappa shape index (κ2) is 10.8. The molecule has 0 aliphatic rings. The van der Waals surface area contributed by atoms with Gasteiger partial charge in [0.25, 0.3) is 0 Å². The number of carbonyl (C=O) groups excluding carboxylic acids is 1. The lowest BCUT2D eigenvalue weighted by molar-refractivity contribution is -0.116. The van der Waals surface area contributed by atoms with Crippen LogP contribution in [0.25, 0.3) is 0 Å². The van der Waals surface area contributed by atoms with Crippen LogP contribution in [-0.2, 0) is 20.4 Å². The predicted molar refractivity (Wildman–Crippen MR) is 117 cm³/mol. The maximum Gasteiger partial charge on any atom is 0.469 e. The predicted octanol–water partition coefficient (Wildman–Crippen LogP) is 2.16. The van der Waals surface area contributed by atoms with Crippen LogP contribution in [0.5, 0.6) is 0 Å². The topological polar surface area (TPSA) is 172 Å². The first kappa shape index (κ1) is 24.9. The fourth-order valence-corrected chi connectivity index (χ4v) is 3.84. The number of carbonyl (C=O) groups is 1. The Morgan fingerprint density at radius 2 is 2.10 bits per heavy atom. The van der Waals surface area contributed by atoms with Crippen LogP contribution < -0.4 is 5.73 Å². The highest BCUT2D eigenvalue weighted by Crippen LogP contribution is 2.36. The van der Waals surface area contributed by atoms with Gasteiger partial charge in [-0.15, -0.1) is 11.4 Å². The first-order valence-electron chi connectivity index (χ1n) is 9.04. The molecule has 31 heavy (non-hydrogen) atoms. The van der Waals surface area contributed by atoms with Gasteiger partial charge in [-0.25, -0.2) is 14.5 Å². The average Bonchev–Trinajstić information content (AvgIpc) is 3.11. The van der Waals surface area contributed by atoms with Crippen molar-refractivity contribution in [2.75, 3.05) is 12.3 Å². The number of aryl methyl sites for hydroxylation is 2. The van der Waals surface area contributed by atoms with E-state index < -0.39 is 7.82 Å². The summed E-state index contributed by atoms with van der Waals surface area (Å²) in [6.07, 6.45) is 2.14. The number of aliphatic hydroxyl groups excluding tert-OH is 1. The standard InChI is InChI=1S/C18H25N4O7PS/c1-11-4-5-15(29-11)18(24)31-16(6-7-28-30(25,26)27)12(2)22(10-23)9-14-8-20-13(3)21-17(14)19/h4-5,8,10,24,31H,6-7,9H2,1-3H3,(H2,19,20,21)(H2,25,26,27)/b16-12-. The minimum atomic E-state index is -4.67. The Balaban J connectivity index is 2.38. The Kier molecular flexibility index (Phi) is 8.69. The molecule has 0 aromatic carbocycles. The number of furan rings is 1. The molecule has 0 saturated carbocycles. The fraction of sp³-hybridized carbons (Fsp3) is 0.333. The van der Waals surface area contributed by atoms with Crippen LogP contribution in [0.2, 0.25) is 0 Å². The Morgan fingerprint density at radius 3 is 2.65 bits per heavy atom. The molecule has 0 unspecified atom stereocenters. The average molecular weight is 472 g/mol. The summed E-state index contributed by atoms with van der Waals surface area (Å²) >= 11 is 0.284. The van der Waals surface area contributed by atoms with Gasteiger partial charge in [-0.2, -0.15) is 0 Å². The molecular formula is C18H25N4O7PS. The van der Waals surface area contributed by atoms with Crippen molar-refractivity contribution in [1.29, 1.82) is 0 Å². The van der Waals surface area contributed by atoms with Crippen molar-refractivity contribution in [3.8, 4) is 0 Å². The SMILES string of the molecule is C/C(=C(CCOP(=O)(O)O)/[SH]=C(\O)c1ccc(C)o1)N(C=O)Cc1cnc(C)nc1N. The van der Waals surface area contributed by atoms with Gasteiger partial charge in [0.15, 0.2) is 5.76 Å². The van der Waals surface area contributed by atoms with Crippen molar-refractivity contribution in [3.63, 3.8) is 0 Å². The second-order valence-corrected chi connectivity index (χ2v) is 8.94. The van der Waals surface area contributed by atoms with Crippen molar-refractivity contribution in [2.24, 2.45) is 0 Å². The molecule has 0 aliphatic heterocycles. The summed E-state index contributed by atoms with van der Waals surface area (Å²) in [7, 11) is -4.67. The summed E-state index contributed by atoms with van der Waals surface area (Å²) in [5.74, 6) is 1.58. The van der Waals surface area contributed by atoms with E-state index in [1.165, 1.54) is 11.1 Å². The minimum Gasteiger partial charge on any atom is -0.459 e. The number of hydrogen-bond acceptors (Lipinski definition) is 7. The molecule has 2 rings (SSSR count). The molecule has 0 fully saturated rings. The number of hydrogen-bond donors (Lipinski definition) is 5. The lowest BCUT2D eigenvalue weighted by Gasteiger charge is -2.22. The van der Waals surface area contributed by atoms with Gasteiger partial charge >= 0.3 is 7.82 Å². The smallest absolute Gasteiger partial charge is 0.459 e. The van der Waals surface area contributed by atoms with Crippen LogP contribution in [0, 0.1) is 13.8 Å². The lowest BCUT2D eigenvalue weighted by Crippen LogP contribution is -2.22. The van der Waals surface area contributed by atoms with E-state index in [0.29, 0.717) is 34.2 Å². The van der Waals surface area contributed by atoms with E-state index in [-0.39, 0.29) is 47.6 Å². The zero-order valence-corrected chi connectivity index (χ0v) is 19.0. The van der Waals surface area contributed by atoms with Gasteiger partial charge in [0.05, 0.1) is 13.2 Å². The molecule has 2 aromatic heterocycles. The summed E-state index contributed by atoms with van der Waals surface area (Å²) in [4.78, 5) is 39.7. The lowest BCUT2D eigenvalue weighted by atomic mass is 10.2. The molecule has 0 radical (unpaired) electrons. The number of nitrogens with two attached hydrogens (primary N) is 1. The second-order valence-electron chi connectivity index (χ2n) is 6.51. The monoisotopic (exact) mass is 472 g/mol. The van der Waals surface area contributed by atoms with E-state index in [2.05, 4.69) is 14.5 Å². The van der Waals surface area contributed by atoms with Crippen LogP contribution in [-0.4, -0.2) is 47.8 Å². The highest BCUT2D eigenvalue weighted by Gasteiger charge is 2.17. The molecule has 5 N–H and O–H groups in total. The fourth-order valence-electron chi connectivity index (χ4n) is 2.54.